The molecule has 2 atom stereocenters. The summed E-state index contributed by atoms with van der Waals surface area (Å²) in [5.41, 5.74) is 0. The summed E-state index contributed by atoms with van der Waals surface area (Å²) in [6.45, 7) is 4.95. The van der Waals surface area contributed by atoms with Crippen molar-refractivity contribution < 1.29 is 19.5 Å². The quantitative estimate of drug-likeness (QED) is 0.589. The van der Waals surface area contributed by atoms with E-state index in [4.69, 9.17) is 5.11 Å². The minimum atomic E-state index is -1.04. The standard InChI is InChI=1S/C13H23N3O4/c1-3-4-9(2)15-11(17)8-16-6-5-14-13(20)10(16)7-12(18)19/h9-10H,3-8H2,1-2H3,(H,14,20)(H,15,17)(H,18,19). The van der Waals surface area contributed by atoms with Crippen molar-refractivity contribution in [3.05, 3.63) is 0 Å². The van der Waals surface area contributed by atoms with E-state index in [-0.39, 0.29) is 30.8 Å². The van der Waals surface area contributed by atoms with Crippen molar-refractivity contribution in [2.24, 2.45) is 0 Å². The summed E-state index contributed by atoms with van der Waals surface area (Å²) in [7, 11) is 0. The van der Waals surface area contributed by atoms with E-state index in [9.17, 15) is 14.4 Å². The third kappa shape index (κ3) is 5.16. The predicted octanol–water partition coefficient (Wildman–Crippen LogP) is -0.434. The van der Waals surface area contributed by atoms with Crippen molar-refractivity contribution in [3.63, 3.8) is 0 Å². The van der Waals surface area contributed by atoms with Crippen molar-refractivity contribution in [2.75, 3.05) is 19.6 Å². The molecular weight excluding hydrogens is 262 g/mol. The number of piperazine rings is 1. The summed E-state index contributed by atoms with van der Waals surface area (Å²) in [6, 6.07) is -0.683. The Morgan fingerprint density at radius 2 is 2.25 bits per heavy atom. The second kappa shape index (κ2) is 7.84. The summed E-state index contributed by atoms with van der Waals surface area (Å²) >= 11 is 0. The Labute approximate surface area is 118 Å². The minimum Gasteiger partial charge on any atom is -0.481 e. The number of hydrogen-bond donors (Lipinski definition) is 3. The molecule has 1 rings (SSSR count). The van der Waals surface area contributed by atoms with Crippen LogP contribution in [0.1, 0.15) is 33.1 Å². The van der Waals surface area contributed by atoms with Gasteiger partial charge >= 0.3 is 5.97 Å². The van der Waals surface area contributed by atoms with Gasteiger partial charge in [0.25, 0.3) is 0 Å². The Morgan fingerprint density at radius 1 is 1.55 bits per heavy atom. The van der Waals surface area contributed by atoms with Crippen LogP contribution in [0.3, 0.4) is 0 Å². The van der Waals surface area contributed by atoms with Gasteiger partial charge in [-0.25, -0.2) is 0 Å². The van der Waals surface area contributed by atoms with Gasteiger partial charge < -0.3 is 15.7 Å². The second-order valence-corrected chi connectivity index (χ2v) is 5.13. The number of carbonyl (C=O) groups is 3. The molecule has 2 amide bonds. The lowest BCUT2D eigenvalue weighted by Crippen LogP contribution is -2.58. The Balaban J connectivity index is 2.55. The molecule has 0 saturated carbocycles. The summed E-state index contributed by atoms with van der Waals surface area (Å²) in [4.78, 5) is 36.0. The molecule has 0 radical (unpaired) electrons. The maximum absolute atomic E-state index is 11.9. The molecule has 0 aromatic heterocycles. The molecule has 114 valence electrons. The lowest BCUT2D eigenvalue weighted by atomic mass is 10.1. The number of carboxylic acids is 1. The molecule has 7 nitrogen and oxygen atoms in total. The van der Waals surface area contributed by atoms with Gasteiger partial charge in [-0.15, -0.1) is 0 Å². The van der Waals surface area contributed by atoms with Gasteiger partial charge in [0, 0.05) is 19.1 Å². The molecule has 0 aliphatic carbocycles. The average Bonchev–Trinajstić information content (AvgIpc) is 2.33. The van der Waals surface area contributed by atoms with Crippen LogP contribution in [0, 0.1) is 0 Å². The summed E-state index contributed by atoms with van der Waals surface area (Å²) in [6.07, 6.45) is 1.59. The number of carboxylic acid groups (broad SMARTS) is 1. The zero-order chi connectivity index (χ0) is 15.1. The number of nitrogens with one attached hydrogen (secondary N) is 2. The summed E-state index contributed by atoms with van der Waals surface area (Å²) in [5, 5.41) is 14.3. The molecule has 1 heterocycles. The van der Waals surface area contributed by atoms with Crippen LogP contribution < -0.4 is 10.6 Å². The number of rotatable bonds is 7. The van der Waals surface area contributed by atoms with Crippen LogP contribution in [0.4, 0.5) is 0 Å². The highest BCUT2D eigenvalue weighted by molar-refractivity contribution is 5.87. The molecule has 1 fully saturated rings. The van der Waals surface area contributed by atoms with Crippen molar-refractivity contribution in [1.29, 1.82) is 0 Å². The predicted molar refractivity (Wildman–Crippen MR) is 73.1 cm³/mol. The van der Waals surface area contributed by atoms with Gasteiger partial charge in [0.1, 0.15) is 6.04 Å². The first-order valence-electron chi connectivity index (χ1n) is 6.97. The van der Waals surface area contributed by atoms with E-state index >= 15 is 0 Å². The van der Waals surface area contributed by atoms with E-state index < -0.39 is 12.0 Å². The van der Waals surface area contributed by atoms with Crippen molar-refractivity contribution in [3.8, 4) is 0 Å². The molecule has 0 aromatic carbocycles. The third-order valence-electron chi connectivity index (χ3n) is 3.29. The zero-order valence-electron chi connectivity index (χ0n) is 12.0. The maximum atomic E-state index is 11.9. The largest absolute Gasteiger partial charge is 0.481 e. The van der Waals surface area contributed by atoms with E-state index in [1.807, 2.05) is 13.8 Å². The topological polar surface area (TPSA) is 98.7 Å². The highest BCUT2D eigenvalue weighted by atomic mass is 16.4. The van der Waals surface area contributed by atoms with Crippen molar-refractivity contribution in [1.82, 2.24) is 15.5 Å². The smallest absolute Gasteiger partial charge is 0.305 e. The van der Waals surface area contributed by atoms with Crippen LogP contribution >= 0.6 is 0 Å². The molecule has 0 bridgehead atoms. The van der Waals surface area contributed by atoms with Crippen LogP contribution in [-0.2, 0) is 14.4 Å². The van der Waals surface area contributed by atoms with Crippen LogP contribution in [-0.4, -0.2) is 59.5 Å². The number of aliphatic carboxylic acids is 1. The lowest BCUT2D eigenvalue weighted by Gasteiger charge is -2.33. The fourth-order valence-electron chi connectivity index (χ4n) is 2.35. The molecule has 7 heteroatoms. The highest BCUT2D eigenvalue weighted by Crippen LogP contribution is 2.08. The van der Waals surface area contributed by atoms with Crippen molar-refractivity contribution in [2.45, 2.75) is 45.2 Å². The number of hydrogen-bond acceptors (Lipinski definition) is 4. The number of amides is 2. The van der Waals surface area contributed by atoms with Gasteiger partial charge in [-0.2, -0.15) is 0 Å². The first kappa shape index (κ1) is 16.4. The normalized spacial score (nSPS) is 21.1. The number of carbonyl (C=O) groups excluding carboxylic acids is 2. The monoisotopic (exact) mass is 285 g/mol. The number of nitrogens with zero attached hydrogens (tertiary/aromatic N) is 1. The van der Waals surface area contributed by atoms with Crippen molar-refractivity contribution >= 4 is 17.8 Å². The Hall–Kier alpha value is -1.63. The van der Waals surface area contributed by atoms with Crippen LogP contribution in [0.5, 0.6) is 0 Å². The lowest BCUT2D eigenvalue weighted by molar-refractivity contribution is -0.144. The average molecular weight is 285 g/mol. The molecule has 1 aliphatic heterocycles. The Kier molecular flexibility index (Phi) is 6.44. The van der Waals surface area contributed by atoms with E-state index in [0.29, 0.717) is 13.1 Å². The van der Waals surface area contributed by atoms with Gasteiger partial charge in [-0.05, 0) is 13.3 Å². The molecule has 2 unspecified atom stereocenters. The van der Waals surface area contributed by atoms with E-state index in [0.717, 1.165) is 12.8 Å². The molecule has 20 heavy (non-hydrogen) atoms. The molecular formula is C13H23N3O4. The minimum absolute atomic E-state index is 0.0550. The SMILES string of the molecule is CCCC(C)NC(=O)CN1CCNC(=O)C1CC(=O)O. The fourth-order valence-corrected chi connectivity index (χ4v) is 2.35. The summed E-state index contributed by atoms with van der Waals surface area (Å²) in [5.74, 6) is -1.54. The van der Waals surface area contributed by atoms with Gasteiger partial charge in [0.2, 0.25) is 11.8 Å². The van der Waals surface area contributed by atoms with Gasteiger partial charge in [-0.3, -0.25) is 19.3 Å². The van der Waals surface area contributed by atoms with E-state index in [1.54, 1.807) is 4.90 Å². The highest BCUT2D eigenvalue weighted by Gasteiger charge is 2.32. The molecule has 3 N–H and O–H groups in total. The first-order chi connectivity index (χ1) is 9.43. The van der Waals surface area contributed by atoms with E-state index in [2.05, 4.69) is 10.6 Å². The van der Waals surface area contributed by atoms with Crippen LogP contribution in [0.15, 0.2) is 0 Å². The zero-order valence-corrected chi connectivity index (χ0v) is 12.0. The Bertz CT molecular complexity index is 373. The first-order valence-corrected chi connectivity index (χ1v) is 6.97. The summed E-state index contributed by atoms with van der Waals surface area (Å²) < 4.78 is 0. The molecule has 0 spiro atoms. The van der Waals surface area contributed by atoms with Gasteiger partial charge in [0.05, 0.1) is 13.0 Å². The van der Waals surface area contributed by atoms with Gasteiger partial charge in [-0.1, -0.05) is 13.3 Å². The van der Waals surface area contributed by atoms with Crippen LogP contribution in [0.25, 0.3) is 0 Å². The van der Waals surface area contributed by atoms with Gasteiger partial charge in [0.15, 0.2) is 0 Å². The molecule has 1 aliphatic rings. The van der Waals surface area contributed by atoms with Crippen LogP contribution in [0.2, 0.25) is 0 Å². The Morgan fingerprint density at radius 3 is 2.85 bits per heavy atom. The van der Waals surface area contributed by atoms with E-state index in [1.165, 1.54) is 0 Å². The maximum Gasteiger partial charge on any atom is 0.305 e. The molecule has 0 aromatic rings. The third-order valence-corrected chi connectivity index (χ3v) is 3.29. The second-order valence-electron chi connectivity index (χ2n) is 5.13. The fraction of sp³-hybridized carbons (Fsp3) is 0.769. The molecule has 1 saturated heterocycles.